The zero-order valence-corrected chi connectivity index (χ0v) is 16.2. The highest BCUT2D eigenvalue weighted by molar-refractivity contribution is 5.83. The van der Waals surface area contributed by atoms with Gasteiger partial charge in [0.15, 0.2) is 0 Å². The second kappa shape index (κ2) is 8.40. The number of amides is 1. The molecule has 1 amide bonds. The van der Waals surface area contributed by atoms with Gasteiger partial charge in [0.25, 0.3) is 0 Å². The first-order valence-corrected chi connectivity index (χ1v) is 9.90. The molecule has 0 saturated carbocycles. The Labute approximate surface area is 166 Å². The summed E-state index contributed by atoms with van der Waals surface area (Å²) in [6.07, 6.45) is 7.68. The third kappa shape index (κ3) is 3.99. The quantitative estimate of drug-likeness (QED) is 0.712. The summed E-state index contributed by atoms with van der Waals surface area (Å²) in [6.45, 7) is 3.83. The molecule has 1 aliphatic heterocycles. The van der Waals surface area contributed by atoms with Crippen molar-refractivity contribution in [2.45, 2.75) is 31.8 Å². The van der Waals surface area contributed by atoms with Crippen LogP contribution in [0.2, 0.25) is 0 Å². The standard InChI is InChI=1S/C23H26N4O/c1-18(19-9-11-21(12-10-19)27-16-13-24-17-27)25-22(20-7-3-2-4-8-20)23(28)26-14-5-6-15-26/h2-4,7-13,16-18,22,25H,5-6,14-15H2,1H3. The average Bonchev–Trinajstić information content (AvgIpc) is 3.46. The van der Waals surface area contributed by atoms with Gasteiger partial charge in [-0.1, -0.05) is 42.5 Å². The van der Waals surface area contributed by atoms with Gasteiger partial charge in [0.05, 0.1) is 6.33 Å². The monoisotopic (exact) mass is 374 g/mol. The molecule has 2 aromatic carbocycles. The van der Waals surface area contributed by atoms with Gasteiger partial charge in [-0.15, -0.1) is 0 Å². The van der Waals surface area contributed by atoms with Gasteiger partial charge in [-0.05, 0) is 43.0 Å². The smallest absolute Gasteiger partial charge is 0.244 e. The lowest BCUT2D eigenvalue weighted by Crippen LogP contribution is -2.40. The Bertz CT molecular complexity index is 884. The maximum atomic E-state index is 13.2. The summed E-state index contributed by atoms with van der Waals surface area (Å²) in [5, 5.41) is 3.57. The molecule has 1 N–H and O–H groups in total. The fourth-order valence-electron chi connectivity index (χ4n) is 3.77. The zero-order chi connectivity index (χ0) is 19.3. The van der Waals surface area contributed by atoms with E-state index in [0.29, 0.717) is 0 Å². The topological polar surface area (TPSA) is 50.2 Å². The number of carbonyl (C=O) groups is 1. The van der Waals surface area contributed by atoms with Crippen molar-refractivity contribution in [1.29, 1.82) is 0 Å². The summed E-state index contributed by atoms with van der Waals surface area (Å²) < 4.78 is 1.98. The van der Waals surface area contributed by atoms with E-state index in [0.717, 1.165) is 42.7 Å². The average molecular weight is 374 g/mol. The van der Waals surface area contributed by atoms with Crippen molar-refractivity contribution in [3.05, 3.63) is 84.4 Å². The van der Waals surface area contributed by atoms with Gasteiger partial charge in [-0.2, -0.15) is 0 Å². The van der Waals surface area contributed by atoms with E-state index in [2.05, 4.69) is 41.5 Å². The van der Waals surface area contributed by atoms with Gasteiger partial charge < -0.3 is 9.47 Å². The Balaban J connectivity index is 1.53. The van der Waals surface area contributed by atoms with E-state index in [1.54, 1.807) is 12.5 Å². The lowest BCUT2D eigenvalue weighted by molar-refractivity contribution is -0.132. The molecular weight excluding hydrogens is 348 g/mol. The van der Waals surface area contributed by atoms with Crippen molar-refractivity contribution >= 4 is 5.91 Å². The number of nitrogens with one attached hydrogen (secondary N) is 1. The second-order valence-electron chi connectivity index (χ2n) is 7.33. The van der Waals surface area contributed by atoms with Gasteiger partial charge in [0, 0.05) is 37.2 Å². The molecule has 5 heteroatoms. The first kappa shape index (κ1) is 18.4. The minimum absolute atomic E-state index is 0.0496. The molecule has 0 aliphatic carbocycles. The molecule has 3 aromatic rings. The third-order valence-electron chi connectivity index (χ3n) is 5.41. The number of hydrogen-bond acceptors (Lipinski definition) is 3. The van der Waals surface area contributed by atoms with E-state index in [1.165, 1.54) is 0 Å². The second-order valence-corrected chi connectivity index (χ2v) is 7.33. The number of imidazole rings is 1. The van der Waals surface area contributed by atoms with Crippen molar-refractivity contribution in [2.24, 2.45) is 0 Å². The molecule has 1 fully saturated rings. The molecule has 2 heterocycles. The summed E-state index contributed by atoms with van der Waals surface area (Å²) in [7, 11) is 0. The highest BCUT2D eigenvalue weighted by atomic mass is 16.2. The molecule has 2 unspecified atom stereocenters. The van der Waals surface area contributed by atoms with Crippen LogP contribution in [-0.4, -0.2) is 33.4 Å². The van der Waals surface area contributed by atoms with Gasteiger partial charge in [0.1, 0.15) is 6.04 Å². The SMILES string of the molecule is CC(NC(C(=O)N1CCCC1)c1ccccc1)c1ccc(-n2ccnc2)cc1. The lowest BCUT2D eigenvalue weighted by Gasteiger charge is -2.27. The van der Waals surface area contributed by atoms with E-state index in [1.807, 2.05) is 46.0 Å². The van der Waals surface area contributed by atoms with Crippen LogP contribution in [0.4, 0.5) is 0 Å². The molecule has 0 radical (unpaired) electrons. The van der Waals surface area contributed by atoms with E-state index in [-0.39, 0.29) is 18.0 Å². The predicted octanol–water partition coefficient (Wildman–Crippen LogP) is 3.89. The Hall–Kier alpha value is -2.92. The third-order valence-corrected chi connectivity index (χ3v) is 5.41. The molecule has 28 heavy (non-hydrogen) atoms. The van der Waals surface area contributed by atoms with Crippen LogP contribution < -0.4 is 5.32 Å². The molecule has 144 valence electrons. The van der Waals surface area contributed by atoms with Crippen LogP contribution in [0.25, 0.3) is 5.69 Å². The van der Waals surface area contributed by atoms with Crippen LogP contribution in [0.5, 0.6) is 0 Å². The number of rotatable bonds is 6. The van der Waals surface area contributed by atoms with Crippen LogP contribution >= 0.6 is 0 Å². The molecule has 1 aliphatic rings. The van der Waals surface area contributed by atoms with E-state index in [4.69, 9.17) is 0 Å². The van der Waals surface area contributed by atoms with E-state index in [9.17, 15) is 4.79 Å². The molecular formula is C23H26N4O. The molecule has 1 aromatic heterocycles. The van der Waals surface area contributed by atoms with Crippen LogP contribution in [0.1, 0.15) is 43.0 Å². The molecule has 5 nitrogen and oxygen atoms in total. The number of nitrogens with zero attached hydrogens (tertiary/aromatic N) is 3. The summed E-state index contributed by atoms with van der Waals surface area (Å²) in [4.78, 5) is 19.3. The maximum Gasteiger partial charge on any atom is 0.244 e. The zero-order valence-electron chi connectivity index (χ0n) is 16.2. The minimum Gasteiger partial charge on any atom is -0.341 e. The van der Waals surface area contributed by atoms with Crippen molar-refractivity contribution < 1.29 is 4.79 Å². The summed E-state index contributed by atoms with van der Waals surface area (Å²) in [6, 6.07) is 18.1. The lowest BCUT2D eigenvalue weighted by atomic mass is 10.0. The molecule has 0 spiro atoms. The summed E-state index contributed by atoms with van der Waals surface area (Å²) in [5.74, 6) is 0.172. The minimum atomic E-state index is -0.331. The van der Waals surface area contributed by atoms with Gasteiger partial charge in [0.2, 0.25) is 5.91 Å². The molecule has 2 atom stereocenters. The maximum absolute atomic E-state index is 13.2. The van der Waals surface area contributed by atoms with E-state index >= 15 is 0 Å². The van der Waals surface area contributed by atoms with Gasteiger partial charge in [-0.25, -0.2) is 4.98 Å². The van der Waals surface area contributed by atoms with E-state index < -0.39 is 0 Å². The van der Waals surface area contributed by atoms with Crippen LogP contribution in [-0.2, 0) is 4.79 Å². The van der Waals surface area contributed by atoms with Crippen LogP contribution in [0, 0.1) is 0 Å². The largest absolute Gasteiger partial charge is 0.341 e. The van der Waals surface area contributed by atoms with Crippen molar-refractivity contribution in [1.82, 2.24) is 19.8 Å². The number of benzene rings is 2. The number of carbonyl (C=O) groups excluding carboxylic acids is 1. The fourth-order valence-corrected chi connectivity index (χ4v) is 3.77. The van der Waals surface area contributed by atoms with Crippen LogP contribution in [0.15, 0.2) is 73.3 Å². The van der Waals surface area contributed by atoms with Gasteiger partial charge >= 0.3 is 0 Å². The number of likely N-dealkylation sites (tertiary alicyclic amines) is 1. The number of hydrogen-bond donors (Lipinski definition) is 1. The Kier molecular flexibility index (Phi) is 5.53. The summed E-state index contributed by atoms with van der Waals surface area (Å²) in [5.41, 5.74) is 3.24. The molecule has 0 bridgehead atoms. The normalized spacial score (nSPS) is 16.1. The first-order valence-electron chi connectivity index (χ1n) is 9.90. The summed E-state index contributed by atoms with van der Waals surface area (Å²) >= 11 is 0. The number of aromatic nitrogens is 2. The van der Waals surface area contributed by atoms with Crippen molar-refractivity contribution in [2.75, 3.05) is 13.1 Å². The molecule has 1 saturated heterocycles. The molecule has 4 rings (SSSR count). The Morgan fingerprint density at radius 1 is 1.00 bits per heavy atom. The van der Waals surface area contributed by atoms with Gasteiger partial charge in [-0.3, -0.25) is 10.1 Å². The Morgan fingerprint density at radius 3 is 2.36 bits per heavy atom. The van der Waals surface area contributed by atoms with Crippen molar-refractivity contribution in [3.63, 3.8) is 0 Å². The Morgan fingerprint density at radius 2 is 1.71 bits per heavy atom. The highest BCUT2D eigenvalue weighted by Crippen LogP contribution is 2.24. The predicted molar refractivity (Wildman–Crippen MR) is 110 cm³/mol. The van der Waals surface area contributed by atoms with Crippen LogP contribution in [0.3, 0.4) is 0 Å². The van der Waals surface area contributed by atoms with Crippen molar-refractivity contribution in [3.8, 4) is 5.69 Å². The first-order chi connectivity index (χ1) is 13.7. The fraction of sp³-hybridized carbons (Fsp3) is 0.304. The highest BCUT2D eigenvalue weighted by Gasteiger charge is 2.28.